The Labute approximate surface area is 121 Å². The van der Waals surface area contributed by atoms with Crippen LogP contribution in [0.3, 0.4) is 0 Å². The van der Waals surface area contributed by atoms with Crippen molar-refractivity contribution in [1.29, 1.82) is 0 Å². The van der Waals surface area contributed by atoms with Gasteiger partial charge in [-0.25, -0.2) is 9.18 Å². The van der Waals surface area contributed by atoms with Crippen LogP contribution in [0, 0.1) is 12.8 Å². The molecule has 2 atom stereocenters. The quantitative estimate of drug-likeness (QED) is 0.863. The maximum absolute atomic E-state index is 14.9. The number of carboxylic acid groups (broad SMARTS) is 1. The fourth-order valence-electron chi connectivity index (χ4n) is 3.21. The first kappa shape index (κ1) is 14.0. The molecule has 2 heterocycles. The van der Waals surface area contributed by atoms with Crippen molar-refractivity contribution in [2.75, 3.05) is 24.5 Å². The van der Waals surface area contributed by atoms with E-state index in [1.165, 1.54) is 11.0 Å². The number of anilines is 1. The summed E-state index contributed by atoms with van der Waals surface area (Å²) >= 11 is 0. The van der Waals surface area contributed by atoms with Gasteiger partial charge in [0.15, 0.2) is 5.67 Å². The number of benzene rings is 1. The van der Waals surface area contributed by atoms with Crippen LogP contribution in [0.2, 0.25) is 0 Å². The van der Waals surface area contributed by atoms with Crippen LogP contribution in [0.1, 0.15) is 22.3 Å². The highest BCUT2D eigenvalue weighted by atomic mass is 19.1. The summed E-state index contributed by atoms with van der Waals surface area (Å²) < 4.78 is 14.9. The van der Waals surface area contributed by atoms with E-state index in [9.17, 15) is 14.0 Å². The highest BCUT2D eigenvalue weighted by molar-refractivity contribution is 6.03. The van der Waals surface area contributed by atoms with Gasteiger partial charge in [0.25, 0.3) is 5.91 Å². The van der Waals surface area contributed by atoms with Crippen molar-refractivity contribution < 1.29 is 19.1 Å². The zero-order valence-electron chi connectivity index (χ0n) is 11.7. The van der Waals surface area contributed by atoms with E-state index in [2.05, 4.69) is 5.32 Å². The number of carboxylic acids is 1. The lowest BCUT2D eigenvalue weighted by atomic mass is 9.86. The first-order valence-electron chi connectivity index (χ1n) is 6.99. The summed E-state index contributed by atoms with van der Waals surface area (Å²) in [5.74, 6) is -1.86. The van der Waals surface area contributed by atoms with Gasteiger partial charge in [0.2, 0.25) is 0 Å². The number of hydrogen-bond acceptors (Lipinski definition) is 3. The van der Waals surface area contributed by atoms with Crippen LogP contribution in [0.5, 0.6) is 0 Å². The Kier molecular flexibility index (Phi) is 3.20. The first-order valence-corrected chi connectivity index (χ1v) is 6.99. The van der Waals surface area contributed by atoms with Gasteiger partial charge in [-0.05, 0) is 37.2 Å². The molecule has 0 saturated carbocycles. The molecule has 2 saturated heterocycles. The Balaban J connectivity index is 1.93. The number of carbonyl (C=O) groups excluding carboxylic acids is 1. The maximum atomic E-state index is 14.9. The minimum absolute atomic E-state index is 0.194. The molecule has 0 spiro atoms. The second-order valence-electron chi connectivity index (χ2n) is 5.73. The molecule has 6 heteroatoms. The minimum atomic E-state index is -1.79. The standard InChI is InChI=1S/C15H17FN2O3/c1-9-6-11(2-3-12(9)13(19)20)18-8-10-7-17-5-4-15(10,16)14(18)21/h2-3,6,10,17H,4-5,7-8H2,1H3,(H,19,20)/t10-,15+/m1/s1. The third-order valence-electron chi connectivity index (χ3n) is 4.46. The number of rotatable bonds is 2. The van der Waals surface area contributed by atoms with E-state index in [0.717, 1.165) is 0 Å². The lowest BCUT2D eigenvalue weighted by molar-refractivity contribution is -0.130. The molecule has 2 N–H and O–H groups in total. The Morgan fingerprint density at radius 2 is 2.29 bits per heavy atom. The van der Waals surface area contributed by atoms with Crippen molar-refractivity contribution in [2.45, 2.75) is 19.0 Å². The van der Waals surface area contributed by atoms with Gasteiger partial charge < -0.3 is 15.3 Å². The van der Waals surface area contributed by atoms with Gasteiger partial charge in [-0.1, -0.05) is 0 Å². The molecule has 0 aromatic heterocycles. The first-order chi connectivity index (χ1) is 9.93. The fourth-order valence-corrected chi connectivity index (χ4v) is 3.21. The molecule has 2 aliphatic rings. The number of alkyl halides is 1. The molecule has 2 fully saturated rings. The van der Waals surface area contributed by atoms with Crippen LogP contribution >= 0.6 is 0 Å². The van der Waals surface area contributed by atoms with Gasteiger partial charge in [-0.2, -0.15) is 0 Å². The summed E-state index contributed by atoms with van der Waals surface area (Å²) in [7, 11) is 0. The third-order valence-corrected chi connectivity index (χ3v) is 4.46. The van der Waals surface area contributed by atoms with Gasteiger partial charge in [0.05, 0.1) is 5.56 Å². The van der Waals surface area contributed by atoms with Crippen LogP contribution in [-0.4, -0.2) is 42.3 Å². The summed E-state index contributed by atoms with van der Waals surface area (Å²) in [6.07, 6.45) is 0.194. The average Bonchev–Trinajstić information content (AvgIpc) is 2.71. The predicted molar refractivity (Wildman–Crippen MR) is 75.3 cm³/mol. The van der Waals surface area contributed by atoms with E-state index >= 15 is 0 Å². The van der Waals surface area contributed by atoms with Crippen LogP contribution in [-0.2, 0) is 4.79 Å². The second kappa shape index (κ2) is 4.80. The molecule has 2 aliphatic heterocycles. The number of nitrogens with zero attached hydrogens (tertiary/aromatic N) is 1. The van der Waals surface area contributed by atoms with Crippen molar-refractivity contribution in [1.82, 2.24) is 5.32 Å². The molecule has 1 amide bonds. The van der Waals surface area contributed by atoms with E-state index in [1.807, 2.05) is 0 Å². The van der Waals surface area contributed by atoms with Crippen LogP contribution in [0.4, 0.5) is 10.1 Å². The third kappa shape index (κ3) is 2.10. The highest BCUT2D eigenvalue weighted by Gasteiger charge is 2.56. The fraction of sp³-hybridized carbons (Fsp3) is 0.467. The number of nitrogens with one attached hydrogen (secondary N) is 1. The van der Waals surface area contributed by atoms with E-state index in [1.54, 1.807) is 19.1 Å². The van der Waals surface area contributed by atoms with Crippen molar-refractivity contribution in [3.8, 4) is 0 Å². The Bertz CT molecular complexity index is 619. The zero-order chi connectivity index (χ0) is 15.2. The number of piperidine rings is 1. The SMILES string of the molecule is Cc1cc(N2C[C@H]3CNCC[C@@]3(F)C2=O)ccc1C(=O)O. The number of fused-ring (bicyclic) bond motifs is 1. The molecule has 3 rings (SSSR count). The lowest BCUT2D eigenvalue weighted by Crippen LogP contribution is -2.49. The van der Waals surface area contributed by atoms with Gasteiger partial charge >= 0.3 is 5.97 Å². The largest absolute Gasteiger partial charge is 0.478 e. The van der Waals surface area contributed by atoms with Crippen molar-refractivity contribution >= 4 is 17.6 Å². The molecule has 0 radical (unpaired) electrons. The summed E-state index contributed by atoms with van der Waals surface area (Å²) in [6, 6.07) is 4.67. The van der Waals surface area contributed by atoms with Crippen LogP contribution in [0.25, 0.3) is 0 Å². The number of hydrogen-bond donors (Lipinski definition) is 2. The summed E-state index contributed by atoms with van der Waals surface area (Å²) in [5, 5.41) is 12.1. The van der Waals surface area contributed by atoms with Gasteiger partial charge in [0, 0.05) is 31.1 Å². The molecule has 0 unspecified atom stereocenters. The van der Waals surface area contributed by atoms with E-state index < -0.39 is 17.5 Å². The van der Waals surface area contributed by atoms with Crippen LogP contribution < -0.4 is 10.2 Å². The lowest BCUT2D eigenvalue weighted by Gasteiger charge is -2.29. The average molecular weight is 292 g/mol. The minimum Gasteiger partial charge on any atom is -0.478 e. The zero-order valence-corrected chi connectivity index (χ0v) is 11.7. The second-order valence-corrected chi connectivity index (χ2v) is 5.73. The molecular weight excluding hydrogens is 275 g/mol. The van der Waals surface area contributed by atoms with Crippen molar-refractivity contribution in [3.05, 3.63) is 29.3 Å². The van der Waals surface area contributed by atoms with Gasteiger partial charge in [-0.3, -0.25) is 4.79 Å². The summed E-state index contributed by atoms with van der Waals surface area (Å²) in [4.78, 5) is 24.9. The number of carbonyl (C=O) groups is 2. The number of halogens is 1. The summed E-state index contributed by atoms with van der Waals surface area (Å²) in [6.45, 7) is 3.00. The molecule has 21 heavy (non-hydrogen) atoms. The summed E-state index contributed by atoms with van der Waals surface area (Å²) in [5.41, 5.74) is -0.466. The topological polar surface area (TPSA) is 69.6 Å². The van der Waals surface area contributed by atoms with E-state index in [4.69, 9.17) is 5.11 Å². The predicted octanol–water partition coefficient (Wildman–Crippen LogP) is 1.36. The molecular formula is C15H17FN2O3. The van der Waals surface area contributed by atoms with Crippen LogP contribution in [0.15, 0.2) is 18.2 Å². The monoisotopic (exact) mass is 292 g/mol. The van der Waals surface area contributed by atoms with E-state index in [0.29, 0.717) is 30.9 Å². The molecule has 5 nitrogen and oxygen atoms in total. The molecule has 1 aromatic carbocycles. The smallest absolute Gasteiger partial charge is 0.335 e. The van der Waals surface area contributed by atoms with Gasteiger partial charge in [0.1, 0.15) is 0 Å². The number of amides is 1. The number of aromatic carboxylic acids is 1. The highest BCUT2D eigenvalue weighted by Crippen LogP contribution is 2.39. The van der Waals surface area contributed by atoms with Gasteiger partial charge in [-0.15, -0.1) is 0 Å². The Morgan fingerprint density at radius 3 is 2.90 bits per heavy atom. The van der Waals surface area contributed by atoms with Crippen molar-refractivity contribution in [2.24, 2.45) is 5.92 Å². The van der Waals surface area contributed by atoms with E-state index in [-0.39, 0.29) is 17.9 Å². The Hall–Kier alpha value is -1.95. The number of aryl methyl sites for hydroxylation is 1. The molecule has 0 aliphatic carbocycles. The maximum Gasteiger partial charge on any atom is 0.335 e. The molecule has 112 valence electrons. The Morgan fingerprint density at radius 1 is 1.52 bits per heavy atom. The van der Waals surface area contributed by atoms with Crippen molar-refractivity contribution in [3.63, 3.8) is 0 Å². The normalized spacial score (nSPS) is 28.6. The molecule has 1 aromatic rings. The molecule has 0 bridgehead atoms.